The Kier molecular flexibility index (Phi) is 36.5. The highest BCUT2D eigenvalue weighted by Crippen LogP contribution is 2.14. The van der Waals surface area contributed by atoms with Crippen LogP contribution in [-0.2, 0) is 4.79 Å². The summed E-state index contributed by atoms with van der Waals surface area (Å²) in [4.78, 5) is 10.6. The standard InChI is InChI=1S/C17H34OS.C14H30/c1-2-3-4-5-6-7-8-9-10-11-12-13-14-15-16-17(18)19;1-3-5-7-9-11-13-14-12-10-8-6-4-2/h2-16H2,1H3,(H,18,19);3-14H2,1-2H3. The average molecular weight is 485 g/mol. The van der Waals surface area contributed by atoms with Gasteiger partial charge in [-0.25, -0.2) is 0 Å². The summed E-state index contributed by atoms with van der Waals surface area (Å²) in [6.45, 7) is 6.85. The van der Waals surface area contributed by atoms with Crippen molar-refractivity contribution < 1.29 is 4.79 Å². The third-order valence-electron chi connectivity index (χ3n) is 6.70. The van der Waals surface area contributed by atoms with Crippen molar-refractivity contribution in [3.05, 3.63) is 0 Å². The number of rotatable bonds is 26. The van der Waals surface area contributed by atoms with Crippen molar-refractivity contribution in [3.63, 3.8) is 0 Å². The zero-order valence-corrected chi connectivity index (χ0v) is 24.3. The maximum atomic E-state index is 10.6. The normalized spacial score (nSPS) is 10.8. The van der Waals surface area contributed by atoms with Crippen LogP contribution in [0.1, 0.15) is 194 Å². The van der Waals surface area contributed by atoms with Gasteiger partial charge in [0.05, 0.1) is 0 Å². The maximum absolute atomic E-state index is 10.6. The van der Waals surface area contributed by atoms with Gasteiger partial charge in [-0.15, -0.1) is 12.6 Å². The van der Waals surface area contributed by atoms with Crippen molar-refractivity contribution in [2.45, 2.75) is 194 Å². The Morgan fingerprint density at radius 2 is 0.545 bits per heavy atom. The van der Waals surface area contributed by atoms with Crippen molar-refractivity contribution in [3.8, 4) is 0 Å². The summed E-state index contributed by atoms with van der Waals surface area (Å²) in [6, 6.07) is 0. The fourth-order valence-electron chi connectivity index (χ4n) is 4.38. The van der Waals surface area contributed by atoms with Crippen LogP contribution in [0.15, 0.2) is 0 Å². The summed E-state index contributed by atoms with van der Waals surface area (Å²) in [5.74, 6) is 0. The lowest BCUT2D eigenvalue weighted by Gasteiger charge is -2.02. The molecule has 0 aromatic carbocycles. The van der Waals surface area contributed by atoms with E-state index in [9.17, 15) is 4.79 Å². The van der Waals surface area contributed by atoms with Crippen LogP contribution in [0.25, 0.3) is 0 Å². The van der Waals surface area contributed by atoms with Crippen LogP contribution in [0, 0.1) is 0 Å². The Labute approximate surface area is 216 Å². The van der Waals surface area contributed by atoms with Crippen molar-refractivity contribution in [2.75, 3.05) is 0 Å². The van der Waals surface area contributed by atoms with Gasteiger partial charge in [0.2, 0.25) is 0 Å². The Morgan fingerprint density at radius 1 is 0.364 bits per heavy atom. The van der Waals surface area contributed by atoms with E-state index in [0.29, 0.717) is 6.42 Å². The Morgan fingerprint density at radius 3 is 0.727 bits per heavy atom. The number of hydrogen-bond donors (Lipinski definition) is 1. The number of carbonyl (C=O) groups is 1. The molecule has 200 valence electrons. The highest BCUT2D eigenvalue weighted by molar-refractivity contribution is 7.96. The molecule has 0 saturated heterocycles. The van der Waals surface area contributed by atoms with Crippen LogP contribution < -0.4 is 0 Å². The van der Waals surface area contributed by atoms with Crippen LogP contribution in [0.3, 0.4) is 0 Å². The number of thiol groups is 1. The molecule has 0 unspecified atom stereocenters. The summed E-state index contributed by atoms with van der Waals surface area (Å²) in [6.07, 6.45) is 37.1. The van der Waals surface area contributed by atoms with E-state index in [1.807, 2.05) is 0 Å². The van der Waals surface area contributed by atoms with Gasteiger partial charge in [0, 0.05) is 6.42 Å². The van der Waals surface area contributed by atoms with Crippen molar-refractivity contribution in [2.24, 2.45) is 0 Å². The molecule has 1 nitrogen and oxygen atoms in total. The Balaban J connectivity index is 0. The summed E-state index contributed by atoms with van der Waals surface area (Å²) in [7, 11) is 0. The minimum absolute atomic E-state index is 0.0407. The Hall–Kier alpha value is 0.0200. The van der Waals surface area contributed by atoms with E-state index in [1.54, 1.807) is 0 Å². The van der Waals surface area contributed by atoms with Gasteiger partial charge in [0.1, 0.15) is 0 Å². The minimum atomic E-state index is 0.0407. The molecule has 0 rings (SSSR count). The molecule has 0 aromatic heterocycles. The fourth-order valence-corrected chi connectivity index (χ4v) is 4.54. The molecule has 2 heteroatoms. The highest BCUT2D eigenvalue weighted by atomic mass is 32.1. The summed E-state index contributed by atoms with van der Waals surface area (Å²) in [5.41, 5.74) is 0. The molecular weight excluding hydrogens is 420 g/mol. The van der Waals surface area contributed by atoms with E-state index in [-0.39, 0.29) is 5.12 Å². The van der Waals surface area contributed by atoms with E-state index >= 15 is 0 Å². The fraction of sp³-hybridized carbons (Fsp3) is 0.968. The number of unbranched alkanes of at least 4 members (excludes halogenated alkanes) is 24. The second-order valence-corrected chi connectivity index (χ2v) is 10.8. The summed E-state index contributed by atoms with van der Waals surface area (Å²) in [5, 5.41) is 0.0407. The van der Waals surface area contributed by atoms with Crippen LogP contribution in [-0.4, -0.2) is 5.12 Å². The molecule has 0 amide bonds. The molecule has 0 heterocycles. The molecule has 0 aliphatic heterocycles. The first-order chi connectivity index (χ1) is 16.2. The van der Waals surface area contributed by atoms with Crippen LogP contribution >= 0.6 is 12.6 Å². The molecule has 0 radical (unpaired) electrons. The van der Waals surface area contributed by atoms with Crippen molar-refractivity contribution >= 4 is 17.7 Å². The third kappa shape index (κ3) is 39.5. The van der Waals surface area contributed by atoms with E-state index < -0.39 is 0 Å². The lowest BCUT2D eigenvalue weighted by Crippen LogP contribution is -1.86. The van der Waals surface area contributed by atoms with Gasteiger partial charge in [0.25, 0.3) is 0 Å². The maximum Gasteiger partial charge on any atom is 0.185 e. The van der Waals surface area contributed by atoms with Crippen molar-refractivity contribution in [1.82, 2.24) is 0 Å². The molecule has 0 aliphatic carbocycles. The van der Waals surface area contributed by atoms with E-state index in [2.05, 4.69) is 33.4 Å². The van der Waals surface area contributed by atoms with Crippen LogP contribution in [0.2, 0.25) is 0 Å². The van der Waals surface area contributed by atoms with E-state index in [0.717, 1.165) is 6.42 Å². The lowest BCUT2D eigenvalue weighted by atomic mass is 10.0. The average Bonchev–Trinajstić information content (AvgIpc) is 2.81. The molecule has 0 fully saturated rings. The van der Waals surface area contributed by atoms with Gasteiger partial charge in [-0.1, -0.05) is 181 Å². The smallest absolute Gasteiger partial charge is 0.185 e. The quantitative estimate of drug-likeness (QED) is 0.0953. The summed E-state index contributed by atoms with van der Waals surface area (Å²) >= 11 is 3.78. The topological polar surface area (TPSA) is 17.1 Å². The zero-order valence-electron chi connectivity index (χ0n) is 23.4. The van der Waals surface area contributed by atoms with Gasteiger partial charge in [-0.2, -0.15) is 0 Å². The second kappa shape index (κ2) is 34.2. The number of hydrogen-bond acceptors (Lipinski definition) is 1. The first-order valence-electron chi connectivity index (χ1n) is 15.4. The van der Waals surface area contributed by atoms with E-state index in [4.69, 9.17) is 0 Å². The predicted octanol–water partition coefficient (Wildman–Crippen LogP) is 12.0. The Bertz CT molecular complexity index is 330. The predicted molar refractivity (Wildman–Crippen MR) is 156 cm³/mol. The first-order valence-corrected chi connectivity index (χ1v) is 15.8. The minimum Gasteiger partial charge on any atom is -0.288 e. The zero-order chi connectivity index (χ0) is 24.7. The van der Waals surface area contributed by atoms with Gasteiger partial charge < -0.3 is 0 Å². The van der Waals surface area contributed by atoms with Crippen LogP contribution in [0.5, 0.6) is 0 Å². The third-order valence-corrected chi connectivity index (χ3v) is 6.92. The second-order valence-electron chi connectivity index (χ2n) is 10.3. The van der Waals surface area contributed by atoms with Crippen molar-refractivity contribution in [1.29, 1.82) is 0 Å². The lowest BCUT2D eigenvalue weighted by molar-refractivity contribution is -0.110. The van der Waals surface area contributed by atoms with Crippen LogP contribution in [0.4, 0.5) is 0 Å². The molecule has 0 spiro atoms. The molecule has 0 aromatic rings. The highest BCUT2D eigenvalue weighted by Gasteiger charge is 1.96. The number of carbonyl (C=O) groups excluding carboxylic acids is 1. The monoisotopic (exact) mass is 484 g/mol. The molecule has 0 N–H and O–H groups in total. The molecular formula is C31H64OS. The van der Waals surface area contributed by atoms with Gasteiger partial charge in [-0.05, 0) is 6.42 Å². The largest absolute Gasteiger partial charge is 0.288 e. The first kappa shape index (κ1) is 35.2. The molecule has 0 saturated carbocycles. The molecule has 33 heavy (non-hydrogen) atoms. The van der Waals surface area contributed by atoms with Gasteiger partial charge in [0.15, 0.2) is 5.12 Å². The molecule has 0 atom stereocenters. The SMILES string of the molecule is CCCCCCCCCCCCCC.CCCCCCCCCCCCCCCCC(=O)S. The molecule has 0 aliphatic rings. The van der Waals surface area contributed by atoms with Gasteiger partial charge >= 0.3 is 0 Å². The van der Waals surface area contributed by atoms with E-state index in [1.165, 1.54) is 161 Å². The summed E-state index contributed by atoms with van der Waals surface area (Å²) < 4.78 is 0. The van der Waals surface area contributed by atoms with Gasteiger partial charge in [-0.3, -0.25) is 4.79 Å². The molecule has 0 bridgehead atoms.